The number of sulfonamides is 1. The summed E-state index contributed by atoms with van der Waals surface area (Å²) in [5.74, 6) is 1.20. The minimum Gasteiger partial charge on any atom is -0.363 e. The standard InChI is InChI=1S/C11H16N6O2S/c1-16(2)20(18,19)9-4-5-10(12-6-9)13-7-11-14-8-17(3)15-11/h4-6,8H,7H2,1-3H3,(H,12,13). The third kappa shape index (κ3) is 3.11. The highest BCUT2D eigenvalue weighted by molar-refractivity contribution is 7.89. The van der Waals surface area contributed by atoms with Crippen LogP contribution >= 0.6 is 0 Å². The topological polar surface area (TPSA) is 93.0 Å². The van der Waals surface area contributed by atoms with Crippen molar-refractivity contribution in [3.05, 3.63) is 30.5 Å². The van der Waals surface area contributed by atoms with Crippen LogP contribution in [-0.4, -0.2) is 46.6 Å². The Morgan fingerprint density at radius 3 is 2.55 bits per heavy atom. The maximum Gasteiger partial charge on any atom is 0.244 e. The Hall–Kier alpha value is -2.00. The molecule has 8 nitrogen and oxygen atoms in total. The van der Waals surface area contributed by atoms with Crippen molar-refractivity contribution >= 4 is 15.8 Å². The number of hydrogen-bond acceptors (Lipinski definition) is 6. The first kappa shape index (κ1) is 14.4. The molecule has 0 fully saturated rings. The molecule has 0 aliphatic heterocycles. The van der Waals surface area contributed by atoms with E-state index in [4.69, 9.17) is 0 Å². The normalized spacial score (nSPS) is 11.8. The number of rotatable bonds is 5. The van der Waals surface area contributed by atoms with Gasteiger partial charge in [-0.2, -0.15) is 5.10 Å². The molecule has 0 unspecified atom stereocenters. The quantitative estimate of drug-likeness (QED) is 0.839. The molecule has 0 bridgehead atoms. The molecule has 0 aliphatic rings. The lowest BCUT2D eigenvalue weighted by Gasteiger charge is -2.11. The van der Waals surface area contributed by atoms with E-state index in [9.17, 15) is 8.42 Å². The fraction of sp³-hybridized carbons (Fsp3) is 0.364. The van der Waals surface area contributed by atoms with Gasteiger partial charge >= 0.3 is 0 Å². The third-order valence-electron chi connectivity index (χ3n) is 2.59. The molecule has 2 aromatic heterocycles. The SMILES string of the molecule is CN(C)S(=O)(=O)c1ccc(NCc2ncn(C)n2)nc1. The molecule has 20 heavy (non-hydrogen) atoms. The molecule has 0 saturated carbocycles. The highest BCUT2D eigenvalue weighted by Crippen LogP contribution is 2.14. The summed E-state index contributed by atoms with van der Waals surface area (Å²) >= 11 is 0. The molecule has 0 saturated heterocycles. The van der Waals surface area contributed by atoms with Gasteiger partial charge in [0, 0.05) is 27.3 Å². The Labute approximate surface area is 117 Å². The lowest BCUT2D eigenvalue weighted by molar-refractivity contribution is 0.520. The molecule has 0 aliphatic carbocycles. The highest BCUT2D eigenvalue weighted by atomic mass is 32.2. The molecule has 108 valence electrons. The van der Waals surface area contributed by atoms with Gasteiger partial charge in [0.2, 0.25) is 10.0 Å². The summed E-state index contributed by atoms with van der Waals surface area (Å²) in [5.41, 5.74) is 0. The van der Waals surface area contributed by atoms with Gasteiger partial charge < -0.3 is 5.32 Å². The fourth-order valence-corrected chi connectivity index (χ4v) is 2.33. The second-order valence-electron chi connectivity index (χ2n) is 4.35. The van der Waals surface area contributed by atoms with Crippen LogP contribution in [-0.2, 0) is 23.6 Å². The van der Waals surface area contributed by atoms with Crippen LogP contribution in [0.5, 0.6) is 0 Å². The molecular formula is C11H16N6O2S. The van der Waals surface area contributed by atoms with Crippen molar-refractivity contribution in [2.24, 2.45) is 7.05 Å². The zero-order chi connectivity index (χ0) is 14.8. The fourth-order valence-electron chi connectivity index (χ4n) is 1.48. The molecule has 2 heterocycles. The van der Waals surface area contributed by atoms with Gasteiger partial charge in [-0.3, -0.25) is 4.68 Å². The van der Waals surface area contributed by atoms with Crippen LogP contribution in [0.1, 0.15) is 5.82 Å². The Morgan fingerprint density at radius 2 is 2.05 bits per heavy atom. The maximum atomic E-state index is 11.9. The highest BCUT2D eigenvalue weighted by Gasteiger charge is 2.17. The van der Waals surface area contributed by atoms with E-state index < -0.39 is 10.0 Å². The van der Waals surface area contributed by atoms with Crippen LogP contribution in [0.2, 0.25) is 0 Å². The van der Waals surface area contributed by atoms with Crippen LogP contribution in [0.4, 0.5) is 5.82 Å². The van der Waals surface area contributed by atoms with Gasteiger partial charge in [0.25, 0.3) is 0 Å². The van der Waals surface area contributed by atoms with Crippen molar-refractivity contribution in [1.29, 1.82) is 0 Å². The zero-order valence-corrected chi connectivity index (χ0v) is 12.3. The number of nitrogens with one attached hydrogen (secondary N) is 1. The van der Waals surface area contributed by atoms with E-state index >= 15 is 0 Å². The predicted molar refractivity (Wildman–Crippen MR) is 73.4 cm³/mol. The maximum absolute atomic E-state index is 11.9. The summed E-state index contributed by atoms with van der Waals surface area (Å²) in [6.45, 7) is 0.424. The lowest BCUT2D eigenvalue weighted by Crippen LogP contribution is -2.22. The molecule has 0 radical (unpaired) electrons. The lowest BCUT2D eigenvalue weighted by atomic mass is 10.4. The summed E-state index contributed by atoms with van der Waals surface area (Å²) in [6, 6.07) is 3.12. The molecule has 0 amide bonds. The van der Waals surface area contributed by atoms with E-state index in [0.29, 0.717) is 18.2 Å². The molecule has 0 atom stereocenters. The number of anilines is 1. The summed E-state index contributed by atoms with van der Waals surface area (Å²) in [4.78, 5) is 8.30. The van der Waals surface area contributed by atoms with E-state index in [-0.39, 0.29) is 4.90 Å². The van der Waals surface area contributed by atoms with Crippen molar-refractivity contribution in [2.75, 3.05) is 19.4 Å². The number of aryl methyl sites for hydroxylation is 1. The van der Waals surface area contributed by atoms with E-state index in [1.165, 1.54) is 26.4 Å². The first-order valence-electron chi connectivity index (χ1n) is 5.86. The Bertz CT molecular complexity index is 677. The second kappa shape index (κ2) is 5.55. The predicted octanol–water partition coefficient (Wildman–Crippen LogP) is 0.0725. The second-order valence-corrected chi connectivity index (χ2v) is 6.51. The molecule has 1 N–H and O–H groups in total. The molecule has 0 aromatic carbocycles. The van der Waals surface area contributed by atoms with Crippen LogP contribution in [0, 0.1) is 0 Å². The Balaban J connectivity index is 2.05. The van der Waals surface area contributed by atoms with Crippen LogP contribution < -0.4 is 5.32 Å². The molecule has 9 heteroatoms. The van der Waals surface area contributed by atoms with Gasteiger partial charge in [-0.1, -0.05) is 0 Å². The van der Waals surface area contributed by atoms with Gasteiger partial charge in [0.05, 0.1) is 6.54 Å². The average Bonchev–Trinajstić information content (AvgIpc) is 2.82. The Kier molecular flexibility index (Phi) is 4.00. The van der Waals surface area contributed by atoms with Gasteiger partial charge in [-0.25, -0.2) is 22.7 Å². The first-order chi connectivity index (χ1) is 9.39. The number of aromatic nitrogens is 4. The largest absolute Gasteiger partial charge is 0.363 e. The summed E-state index contributed by atoms with van der Waals surface area (Å²) in [6.07, 6.45) is 2.93. The molecule has 2 rings (SSSR count). The Morgan fingerprint density at radius 1 is 1.30 bits per heavy atom. The van der Waals surface area contributed by atoms with Crippen molar-refractivity contribution in [3.63, 3.8) is 0 Å². The summed E-state index contributed by atoms with van der Waals surface area (Å²) in [7, 11) is 1.31. The zero-order valence-electron chi connectivity index (χ0n) is 11.5. The minimum absolute atomic E-state index is 0.156. The van der Waals surface area contributed by atoms with Gasteiger partial charge in [0.1, 0.15) is 17.0 Å². The molecule has 0 spiro atoms. The molecule has 2 aromatic rings. The number of hydrogen-bond donors (Lipinski definition) is 1. The third-order valence-corrected chi connectivity index (χ3v) is 4.39. The van der Waals surface area contributed by atoms with Crippen LogP contribution in [0.25, 0.3) is 0 Å². The minimum atomic E-state index is -3.44. The molecular weight excluding hydrogens is 280 g/mol. The van der Waals surface area contributed by atoms with Gasteiger partial charge in [0.15, 0.2) is 5.82 Å². The first-order valence-corrected chi connectivity index (χ1v) is 7.30. The summed E-state index contributed by atoms with van der Waals surface area (Å²) in [5, 5.41) is 7.14. The van der Waals surface area contributed by atoms with E-state index in [1.807, 2.05) is 0 Å². The average molecular weight is 296 g/mol. The van der Waals surface area contributed by atoms with Gasteiger partial charge in [-0.15, -0.1) is 0 Å². The van der Waals surface area contributed by atoms with Crippen LogP contribution in [0.3, 0.4) is 0 Å². The van der Waals surface area contributed by atoms with Crippen LogP contribution in [0.15, 0.2) is 29.6 Å². The van der Waals surface area contributed by atoms with Gasteiger partial charge in [-0.05, 0) is 12.1 Å². The summed E-state index contributed by atoms with van der Waals surface area (Å²) < 4.78 is 26.5. The van der Waals surface area contributed by atoms with Crippen molar-refractivity contribution < 1.29 is 8.42 Å². The van der Waals surface area contributed by atoms with E-state index in [2.05, 4.69) is 20.4 Å². The van der Waals surface area contributed by atoms with Crippen molar-refractivity contribution in [2.45, 2.75) is 11.4 Å². The van der Waals surface area contributed by atoms with E-state index in [0.717, 1.165) is 4.31 Å². The van der Waals surface area contributed by atoms with Crippen molar-refractivity contribution in [1.82, 2.24) is 24.1 Å². The number of nitrogens with zero attached hydrogens (tertiary/aromatic N) is 5. The smallest absolute Gasteiger partial charge is 0.244 e. The van der Waals surface area contributed by atoms with Crippen molar-refractivity contribution in [3.8, 4) is 0 Å². The van der Waals surface area contributed by atoms with E-state index in [1.54, 1.807) is 24.1 Å². The number of pyridine rings is 1. The monoisotopic (exact) mass is 296 g/mol.